The quantitative estimate of drug-likeness (QED) is 0.400. The maximum Gasteiger partial charge on any atom is 0.420 e. The van der Waals surface area contributed by atoms with Gasteiger partial charge in [0.1, 0.15) is 18.5 Å². The van der Waals surface area contributed by atoms with Crippen molar-refractivity contribution in [1.29, 1.82) is 0 Å². The molecule has 4 rings (SSSR count). The number of alkyl halides is 3. The Morgan fingerprint density at radius 3 is 1.91 bits per heavy atom. The highest BCUT2D eigenvalue weighted by Gasteiger charge is 2.37. The van der Waals surface area contributed by atoms with E-state index in [0.29, 0.717) is 6.61 Å². The van der Waals surface area contributed by atoms with E-state index in [9.17, 15) is 22.8 Å². The van der Waals surface area contributed by atoms with E-state index in [1.807, 2.05) is 0 Å². The van der Waals surface area contributed by atoms with Crippen molar-refractivity contribution in [2.75, 3.05) is 18.1 Å². The number of carbonyl (C=O) groups is 2. The van der Waals surface area contributed by atoms with Crippen LogP contribution in [0.5, 0.6) is 5.75 Å². The second kappa shape index (κ2) is 8.84. The summed E-state index contributed by atoms with van der Waals surface area (Å²) in [5.74, 6) is -1.88. The number of rotatable bonds is 6. The molecule has 0 spiro atoms. The van der Waals surface area contributed by atoms with Crippen molar-refractivity contribution in [2.24, 2.45) is 0 Å². The number of benzene rings is 3. The average Bonchev–Trinajstić information content (AvgIpc) is 3.63. The predicted molar refractivity (Wildman–Crippen MR) is 111 cm³/mol. The Morgan fingerprint density at radius 1 is 0.906 bits per heavy atom. The first-order chi connectivity index (χ1) is 15.3. The van der Waals surface area contributed by atoms with Gasteiger partial charge in [0.25, 0.3) is 11.8 Å². The number of nitrogens with zero attached hydrogens (tertiary/aromatic N) is 1. The van der Waals surface area contributed by atoms with Crippen LogP contribution >= 0.6 is 0 Å². The highest BCUT2D eigenvalue weighted by Crippen LogP contribution is 2.39. The minimum absolute atomic E-state index is 0.0158. The molecule has 5 nitrogen and oxygen atoms in total. The van der Waals surface area contributed by atoms with E-state index in [2.05, 4.69) is 0 Å². The lowest BCUT2D eigenvalue weighted by atomic mass is 10.1. The zero-order chi connectivity index (χ0) is 22.7. The van der Waals surface area contributed by atoms with Crippen molar-refractivity contribution in [1.82, 2.24) is 0 Å². The molecule has 0 saturated carbocycles. The van der Waals surface area contributed by atoms with Crippen LogP contribution in [0.2, 0.25) is 0 Å². The van der Waals surface area contributed by atoms with E-state index in [0.717, 1.165) is 17.0 Å². The summed E-state index contributed by atoms with van der Waals surface area (Å²) in [5.41, 5.74) is -0.967. The van der Waals surface area contributed by atoms with Gasteiger partial charge in [0.05, 0.1) is 17.9 Å². The van der Waals surface area contributed by atoms with Gasteiger partial charge >= 0.3 is 6.18 Å². The van der Waals surface area contributed by atoms with Crippen molar-refractivity contribution >= 4 is 17.5 Å². The molecule has 1 aliphatic heterocycles. The topological polar surface area (TPSA) is 59.1 Å². The lowest BCUT2D eigenvalue weighted by Crippen LogP contribution is -2.37. The first-order valence-electron chi connectivity index (χ1n) is 9.79. The van der Waals surface area contributed by atoms with Gasteiger partial charge in [-0.15, -0.1) is 0 Å². The molecular formula is C24H18F3NO4. The monoisotopic (exact) mass is 441 g/mol. The van der Waals surface area contributed by atoms with Crippen LogP contribution in [0.15, 0.2) is 78.9 Å². The fourth-order valence-corrected chi connectivity index (χ4v) is 3.10. The van der Waals surface area contributed by atoms with Gasteiger partial charge in [0.15, 0.2) is 0 Å². The molecule has 8 heteroatoms. The molecule has 0 aromatic heterocycles. The molecule has 1 saturated heterocycles. The molecule has 0 N–H and O–H groups in total. The average molecular weight is 441 g/mol. The fraction of sp³-hybridized carbons (Fsp3) is 0.167. The van der Waals surface area contributed by atoms with E-state index in [-0.39, 0.29) is 29.5 Å². The number of imide groups is 1. The number of carbonyl (C=O) groups excluding carboxylic acids is 2. The van der Waals surface area contributed by atoms with Crippen LogP contribution < -0.4 is 9.64 Å². The summed E-state index contributed by atoms with van der Waals surface area (Å²) in [6.07, 6.45) is -4.99. The Labute approximate surface area is 182 Å². The van der Waals surface area contributed by atoms with Crippen molar-refractivity contribution in [2.45, 2.75) is 12.3 Å². The Hall–Kier alpha value is -3.65. The third-order valence-electron chi connectivity index (χ3n) is 4.80. The summed E-state index contributed by atoms with van der Waals surface area (Å²) in [6, 6.07) is 18.9. The number of hydrogen-bond acceptors (Lipinski definition) is 4. The largest absolute Gasteiger partial charge is 0.490 e. The molecule has 1 aliphatic rings. The number of epoxide rings is 1. The highest BCUT2D eigenvalue weighted by molar-refractivity contribution is 6.25. The summed E-state index contributed by atoms with van der Waals surface area (Å²) in [5, 5.41) is 0. The number of ether oxygens (including phenoxy) is 2. The van der Waals surface area contributed by atoms with E-state index >= 15 is 0 Å². The molecule has 3 aromatic carbocycles. The third-order valence-corrected chi connectivity index (χ3v) is 4.80. The first-order valence-corrected chi connectivity index (χ1v) is 9.79. The standard InChI is InChI=1S/C24H18F3NO4/c25-24(26,27)20-13-18(11-12-21(20)32-15-19-14-31-19)28(22(29)16-7-3-1-4-8-16)23(30)17-9-5-2-6-10-17/h1-13,19H,14-15H2. The second-order valence-electron chi connectivity index (χ2n) is 7.12. The van der Waals surface area contributed by atoms with Gasteiger partial charge < -0.3 is 9.47 Å². The van der Waals surface area contributed by atoms with Gasteiger partial charge in [-0.1, -0.05) is 36.4 Å². The molecule has 1 heterocycles. The summed E-state index contributed by atoms with van der Waals surface area (Å²) in [4.78, 5) is 27.2. The number of halogens is 3. The SMILES string of the molecule is O=C(c1ccccc1)N(C(=O)c1ccccc1)c1ccc(OCC2CO2)c(C(F)(F)F)c1. The van der Waals surface area contributed by atoms with Gasteiger partial charge in [-0.05, 0) is 42.5 Å². The van der Waals surface area contributed by atoms with Crippen LogP contribution in [0.25, 0.3) is 0 Å². The van der Waals surface area contributed by atoms with Crippen molar-refractivity contribution in [3.8, 4) is 5.75 Å². The van der Waals surface area contributed by atoms with Crippen molar-refractivity contribution in [3.63, 3.8) is 0 Å². The molecule has 0 bridgehead atoms. The number of amides is 2. The molecule has 32 heavy (non-hydrogen) atoms. The minimum Gasteiger partial charge on any atom is -0.490 e. The Balaban J connectivity index is 1.77. The molecule has 0 radical (unpaired) electrons. The summed E-state index contributed by atoms with van der Waals surface area (Å²) in [6.45, 7) is 0.419. The zero-order valence-electron chi connectivity index (χ0n) is 16.7. The fourth-order valence-electron chi connectivity index (χ4n) is 3.10. The molecule has 1 fully saturated rings. The van der Waals surface area contributed by atoms with Crippen molar-refractivity contribution in [3.05, 3.63) is 95.6 Å². The highest BCUT2D eigenvalue weighted by atomic mass is 19.4. The number of hydrogen-bond donors (Lipinski definition) is 0. The van der Waals surface area contributed by atoms with Gasteiger partial charge in [0, 0.05) is 11.1 Å². The van der Waals surface area contributed by atoms with Crippen LogP contribution in [0.1, 0.15) is 26.3 Å². The Bertz CT molecular complexity index is 1060. The minimum atomic E-state index is -4.76. The predicted octanol–water partition coefficient (Wildman–Crippen LogP) is 4.97. The molecule has 0 aliphatic carbocycles. The summed E-state index contributed by atoms with van der Waals surface area (Å²) < 4.78 is 51.6. The van der Waals surface area contributed by atoms with Crippen LogP contribution in [-0.2, 0) is 10.9 Å². The van der Waals surface area contributed by atoms with Crippen LogP contribution in [0.3, 0.4) is 0 Å². The van der Waals surface area contributed by atoms with Gasteiger partial charge in [-0.3, -0.25) is 9.59 Å². The van der Waals surface area contributed by atoms with E-state index in [4.69, 9.17) is 9.47 Å². The van der Waals surface area contributed by atoms with E-state index in [1.165, 1.54) is 30.3 Å². The van der Waals surface area contributed by atoms with E-state index in [1.54, 1.807) is 36.4 Å². The van der Waals surface area contributed by atoms with Crippen molar-refractivity contribution < 1.29 is 32.2 Å². The zero-order valence-corrected chi connectivity index (χ0v) is 16.7. The van der Waals surface area contributed by atoms with Crippen LogP contribution in [0.4, 0.5) is 18.9 Å². The summed E-state index contributed by atoms with van der Waals surface area (Å²) in [7, 11) is 0. The molecule has 1 atom stereocenters. The number of anilines is 1. The summed E-state index contributed by atoms with van der Waals surface area (Å²) >= 11 is 0. The van der Waals surface area contributed by atoms with Crippen LogP contribution in [0, 0.1) is 0 Å². The normalized spacial score (nSPS) is 15.2. The lowest BCUT2D eigenvalue weighted by molar-refractivity contribution is -0.139. The maximum atomic E-state index is 13.8. The smallest absolute Gasteiger partial charge is 0.420 e. The molecule has 164 valence electrons. The maximum absolute atomic E-state index is 13.8. The first kappa shape index (κ1) is 21.6. The lowest BCUT2D eigenvalue weighted by Gasteiger charge is -2.23. The van der Waals surface area contributed by atoms with Gasteiger partial charge in [0.2, 0.25) is 0 Å². The molecule has 2 amide bonds. The van der Waals surface area contributed by atoms with E-state index < -0.39 is 29.3 Å². The van der Waals surface area contributed by atoms with Gasteiger partial charge in [-0.2, -0.15) is 13.2 Å². The second-order valence-corrected chi connectivity index (χ2v) is 7.12. The Kier molecular flexibility index (Phi) is 5.96. The molecule has 1 unspecified atom stereocenters. The molecule has 3 aromatic rings. The molecular weight excluding hydrogens is 423 g/mol. The Morgan fingerprint density at radius 2 is 1.44 bits per heavy atom. The third kappa shape index (κ3) is 4.81. The van der Waals surface area contributed by atoms with Crippen LogP contribution in [-0.4, -0.2) is 31.1 Å². The van der Waals surface area contributed by atoms with Gasteiger partial charge in [-0.25, -0.2) is 4.90 Å².